The van der Waals surface area contributed by atoms with Crippen LogP contribution in [-0.4, -0.2) is 25.7 Å². The van der Waals surface area contributed by atoms with E-state index in [1.54, 1.807) is 0 Å². The van der Waals surface area contributed by atoms with E-state index in [9.17, 15) is 0 Å². The van der Waals surface area contributed by atoms with E-state index in [0.717, 1.165) is 40.8 Å². The van der Waals surface area contributed by atoms with Gasteiger partial charge in [0, 0.05) is 31.7 Å². The number of fused-ring (bicyclic) bond motifs is 6. The lowest BCUT2D eigenvalue weighted by Crippen LogP contribution is -2.32. The van der Waals surface area contributed by atoms with Crippen molar-refractivity contribution >= 4 is 45.5 Å². The fourth-order valence-electron chi connectivity index (χ4n) is 9.67. The Labute approximate surface area is 343 Å². The molecule has 5 nitrogen and oxygen atoms in total. The first kappa shape index (κ1) is 36.0. The van der Waals surface area contributed by atoms with Gasteiger partial charge in [0.2, 0.25) is 0 Å². The summed E-state index contributed by atoms with van der Waals surface area (Å²) in [5, 5.41) is 0. The number of para-hydroxylation sites is 4. The van der Waals surface area contributed by atoms with Gasteiger partial charge in [-0.25, -0.2) is 0 Å². The maximum absolute atomic E-state index is 5.28. The van der Waals surface area contributed by atoms with Gasteiger partial charge in [-0.3, -0.25) is 4.98 Å². The summed E-state index contributed by atoms with van der Waals surface area (Å²) in [6.07, 6.45) is 1.96. The minimum Gasteiger partial charge on any atom is -0.355 e. The Balaban J connectivity index is 1.25. The number of pyridine rings is 1. The molecule has 3 aliphatic rings. The van der Waals surface area contributed by atoms with Crippen LogP contribution in [0.2, 0.25) is 0 Å². The predicted molar refractivity (Wildman–Crippen MR) is 244 cm³/mol. The second kappa shape index (κ2) is 12.8. The maximum Gasteiger partial charge on any atom is 0.0950 e. The van der Waals surface area contributed by atoms with Crippen molar-refractivity contribution in [3.05, 3.63) is 185 Å². The highest BCUT2D eigenvalue weighted by molar-refractivity contribution is 5.99. The topological polar surface area (TPSA) is 25.9 Å². The van der Waals surface area contributed by atoms with Crippen LogP contribution < -0.4 is 19.6 Å². The van der Waals surface area contributed by atoms with Crippen molar-refractivity contribution in [3.8, 4) is 11.1 Å². The van der Waals surface area contributed by atoms with Gasteiger partial charge in [-0.1, -0.05) is 120 Å². The quantitative estimate of drug-likeness (QED) is 0.178. The number of anilines is 8. The van der Waals surface area contributed by atoms with Crippen LogP contribution in [0.4, 0.5) is 45.5 Å². The molecule has 0 fully saturated rings. The van der Waals surface area contributed by atoms with Gasteiger partial charge >= 0.3 is 0 Å². The molecule has 1 aromatic heterocycles. The van der Waals surface area contributed by atoms with E-state index >= 15 is 0 Å². The predicted octanol–water partition coefficient (Wildman–Crippen LogP) is 13.1. The van der Waals surface area contributed by atoms with Crippen molar-refractivity contribution in [2.24, 2.45) is 0 Å². The van der Waals surface area contributed by atoms with Gasteiger partial charge < -0.3 is 19.6 Å². The standard InChI is InChI=1S/C53H51N5/c1-51(2,3)35-23-26-40-41-27-24-36(52(4,5)6)31-43(41)53(42(40)30-35,50-22-13-14-29-54-50)37-25-28-46-49(32-37)58(48-21-12-10-19-45(48)56(46)8)39-17-15-16-38(33-39)57-34-55(7)44-18-9-11-20-47(44)57/h9-33H,34H2,1-8H3. The lowest BCUT2D eigenvalue weighted by atomic mass is 9.68. The average molecular weight is 758 g/mol. The van der Waals surface area contributed by atoms with Crippen LogP contribution in [0.3, 0.4) is 0 Å². The number of hydrogen-bond acceptors (Lipinski definition) is 5. The zero-order valence-electron chi connectivity index (χ0n) is 34.9. The van der Waals surface area contributed by atoms with E-state index in [1.165, 1.54) is 56.0 Å². The highest BCUT2D eigenvalue weighted by Crippen LogP contribution is 2.59. The third kappa shape index (κ3) is 5.32. The van der Waals surface area contributed by atoms with Crippen molar-refractivity contribution in [3.63, 3.8) is 0 Å². The number of benzene rings is 6. The summed E-state index contributed by atoms with van der Waals surface area (Å²) in [5.41, 5.74) is 18.6. The van der Waals surface area contributed by atoms with Gasteiger partial charge in [-0.2, -0.15) is 0 Å². The minimum atomic E-state index is -0.670. The van der Waals surface area contributed by atoms with Crippen molar-refractivity contribution in [2.75, 3.05) is 40.4 Å². The van der Waals surface area contributed by atoms with Gasteiger partial charge in [0.05, 0.1) is 51.9 Å². The molecule has 0 bridgehead atoms. The molecule has 0 atom stereocenters. The fraction of sp³-hybridized carbons (Fsp3) is 0.226. The van der Waals surface area contributed by atoms with Crippen molar-refractivity contribution < 1.29 is 0 Å². The van der Waals surface area contributed by atoms with Gasteiger partial charge in [-0.05, 0) is 117 Å². The van der Waals surface area contributed by atoms with Gasteiger partial charge in [0.1, 0.15) is 0 Å². The number of aromatic nitrogens is 1. The molecule has 0 N–H and O–H groups in total. The van der Waals surface area contributed by atoms with E-state index in [1.807, 2.05) is 12.3 Å². The molecule has 0 radical (unpaired) electrons. The number of nitrogens with zero attached hydrogens (tertiary/aromatic N) is 5. The first-order valence-corrected chi connectivity index (χ1v) is 20.5. The first-order valence-electron chi connectivity index (χ1n) is 20.5. The molecule has 7 aromatic rings. The smallest absolute Gasteiger partial charge is 0.0950 e. The third-order valence-corrected chi connectivity index (χ3v) is 12.8. The van der Waals surface area contributed by atoms with Crippen LogP contribution in [-0.2, 0) is 16.2 Å². The van der Waals surface area contributed by atoms with Crippen LogP contribution in [0.1, 0.15) is 75.1 Å². The second-order valence-corrected chi connectivity index (χ2v) is 18.3. The molecule has 0 amide bonds. The molecule has 10 rings (SSSR count). The van der Waals surface area contributed by atoms with E-state index in [2.05, 4.69) is 215 Å². The Morgan fingerprint density at radius 2 is 1.09 bits per heavy atom. The summed E-state index contributed by atoms with van der Waals surface area (Å²) < 4.78 is 0. The molecule has 5 heteroatoms. The summed E-state index contributed by atoms with van der Waals surface area (Å²) in [7, 11) is 4.37. The fourth-order valence-corrected chi connectivity index (χ4v) is 9.67. The molecule has 2 aliphatic heterocycles. The summed E-state index contributed by atoms with van der Waals surface area (Å²) in [5.74, 6) is 0. The molecular formula is C53H51N5. The zero-order valence-corrected chi connectivity index (χ0v) is 34.9. The maximum atomic E-state index is 5.28. The van der Waals surface area contributed by atoms with Gasteiger partial charge in [0.25, 0.3) is 0 Å². The Morgan fingerprint density at radius 3 is 1.72 bits per heavy atom. The molecule has 3 heterocycles. The Morgan fingerprint density at radius 1 is 0.500 bits per heavy atom. The highest BCUT2D eigenvalue weighted by atomic mass is 15.4. The van der Waals surface area contributed by atoms with Gasteiger partial charge in [0.15, 0.2) is 0 Å². The molecule has 0 saturated heterocycles. The second-order valence-electron chi connectivity index (χ2n) is 18.3. The molecule has 0 spiro atoms. The first-order chi connectivity index (χ1) is 27.9. The van der Waals surface area contributed by atoms with Crippen LogP contribution >= 0.6 is 0 Å². The molecular weight excluding hydrogens is 707 g/mol. The van der Waals surface area contributed by atoms with Crippen molar-refractivity contribution in [1.29, 1.82) is 0 Å². The van der Waals surface area contributed by atoms with E-state index < -0.39 is 5.41 Å². The minimum absolute atomic E-state index is 0.0367. The number of hydrogen-bond donors (Lipinski definition) is 0. The largest absolute Gasteiger partial charge is 0.355 e. The van der Waals surface area contributed by atoms with Crippen LogP contribution in [0.5, 0.6) is 0 Å². The summed E-state index contributed by atoms with van der Waals surface area (Å²) >= 11 is 0. The molecule has 0 saturated carbocycles. The SMILES string of the molecule is CN1CN(c2cccc(N3c4ccccc4N(C)c4ccc(C5(c6ccccn6)c6cc(C(C)(C)C)ccc6-c6ccc(C(C)(C)C)cc65)cc43)c2)c2ccccc21. The summed E-state index contributed by atoms with van der Waals surface area (Å²) in [6.45, 7) is 14.7. The summed E-state index contributed by atoms with van der Waals surface area (Å²) in [6, 6.07) is 54.5. The number of rotatable bonds is 4. The lowest BCUT2D eigenvalue weighted by Gasteiger charge is -2.41. The zero-order chi connectivity index (χ0) is 40.1. The summed E-state index contributed by atoms with van der Waals surface area (Å²) in [4.78, 5) is 14.8. The lowest BCUT2D eigenvalue weighted by molar-refractivity contribution is 0.585. The van der Waals surface area contributed by atoms with Crippen molar-refractivity contribution in [2.45, 2.75) is 57.8 Å². The van der Waals surface area contributed by atoms with E-state index in [4.69, 9.17) is 4.98 Å². The van der Waals surface area contributed by atoms with Gasteiger partial charge in [-0.15, -0.1) is 0 Å². The van der Waals surface area contributed by atoms with Crippen LogP contribution in [0.15, 0.2) is 152 Å². The Kier molecular flexibility index (Phi) is 7.98. The molecule has 0 unspecified atom stereocenters. The van der Waals surface area contributed by atoms with E-state index in [-0.39, 0.29) is 10.8 Å². The molecule has 58 heavy (non-hydrogen) atoms. The van der Waals surface area contributed by atoms with Crippen molar-refractivity contribution in [1.82, 2.24) is 4.98 Å². The molecule has 288 valence electrons. The van der Waals surface area contributed by atoms with Crippen LogP contribution in [0.25, 0.3) is 11.1 Å². The van der Waals surface area contributed by atoms with E-state index in [0.29, 0.717) is 0 Å². The molecule has 6 aromatic carbocycles. The average Bonchev–Trinajstić information content (AvgIpc) is 3.72. The Bertz CT molecular complexity index is 2670. The molecule has 1 aliphatic carbocycles. The highest BCUT2D eigenvalue weighted by Gasteiger charge is 2.49. The normalized spacial score (nSPS) is 15.2. The monoisotopic (exact) mass is 757 g/mol. The third-order valence-electron chi connectivity index (χ3n) is 12.8. The van der Waals surface area contributed by atoms with Crippen LogP contribution in [0, 0.1) is 0 Å². The Hall–Kier alpha value is -6.33.